The third kappa shape index (κ3) is 3.22. The summed E-state index contributed by atoms with van der Waals surface area (Å²) in [6.07, 6.45) is -1.77. The highest BCUT2D eigenvalue weighted by Gasteiger charge is 2.52. The first-order chi connectivity index (χ1) is 13.0. The zero-order valence-corrected chi connectivity index (χ0v) is 15.9. The lowest BCUT2D eigenvalue weighted by Gasteiger charge is -2.47. The van der Waals surface area contributed by atoms with E-state index in [1.165, 1.54) is 6.20 Å². The predicted octanol–water partition coefficient (Wildman–Crippen LogP) is 3.86. The molecule has 2 aromatic heterocycles. The molecule has 2 aromatic rings. The van der Waals surface area contributed by atoms with E-state index in [1.807, 2.05) is 31.5 Å². The molecule has 4 heterocycles. The van der Waals surface area contributed by atoms with E-state index in [0.717, 1.165) is 24.4 Å². The molecule has 6 nitrogen and oxygen atoms in total. The predicted molar refractivity (Wildman–Crippen MR) is 94.6 cm³/mol. The van der Waals surface area contributed by atoms with Gasteiger partial charge in [-0.25, -0.2) is 4.79 Å². The fraction of sp³-hybridized carbons (Fsp3) is 0.526. The Hall–Kier alpha value is -2.58. The summed E-state index contributed by atoms with van der Waals surface area (Å²) >= 11 is 0. The van der Waals surface area contributed by atoms with Crippen molar-refractivity contribution in [3.63, 3.8) is 0 Å². The molecule has 1 amide bonds. The Morgan fingerprint density at radius 2 is 1.89 bits per heavy atom. The number of amides is 1. The average molecular weight is 394 g/mol. The number of aryl methyl sites for hydroxylation is 1. The number of nitrogens with zero attached hydrogens (tertiary/aromatic N) is 4. The zero-order chi connectivity index (χ0) is 20.3. The van der Waals surface area contributed by atoms with Crippen molar-refractivity contribution in [3.05, 3.63) is 35.8 Å². The summed E-state index contributed by atoms with van der Waals surface area (Å²) in [7, 11) is 0. The molecule has 0 saturated carbocycles. The van der Waals surface area contributed by atoms with E-state index in [0.29, 0.717) is 30.9 Å². The Bertz CT molecular complexity index is 924. The quantitative estimate of drug-likeness (QED) is 0.737. The number of carbonyl (C=O) groups is 1. The summed E-state index contributed by atoms with van der Waals surface area (Å²) in [5, 5.41) is 4.47. The summed E-state index contributed by atoms with van der Waals surface area (Å²) in [6.45, 7) is 7.17. The first-order valence-corrected chi connectivity index (χ1v) is 9.06. The van der Waals surface area contributed by atoms with Crippen molar-refractivity contribution in [2.75, 3.05) is 13.1 Å². The minimum absolute atomic E-state index is 0.211. The zero-order valence-electron chi connectivity index (χ0n) is 15.9. The third-order valence-corrected chi connectivity index (χ3v) is 5.13. The van der Waals surface area contributed by atoms with Crippen LogP contribution in [0.4, 0.5) is 18.0 Å². The number of pyridine rings is 1. The van der Waals surface area contributed by atoms with E-state index >= 15 is 0 Å². The summed E-state index contributed by atoms with van der Waals surface area (Å²) in [5.74, 6) is 0. The molecule has 1 spiro atoms. The van der Waals surface area contributed by atoms with Crippen LogP contribution in [0.5, 0.6) is 0 Å². The molecular weight excluding hydrogens is 373 g/mol. The number of fused-ring (bicyclic) bond motifs is 2. The van der Waals surface area contributed by atoms with Crippen molar-refractivity contribution in [3.8, 4) is 11.3 Å². The molecule has 1 fully saturated rings. The molecule has 0 N–H and O–H groups in total. The van der Waals surface area contributed by atoms with Crippen LogP contribution in [-0.2, 0) is 22.9 Å². The van der Waals surface area contributed by atoms with E-state index in [9.17, 15) is 18.0 Å². The normalized spacial score (nSPS) is 18.1. The molecule has 0 atom stereocenters. The number of ether oxygens (including phenoxy) is 1. The molecule has 2 aliphatic heterocycles. The van der Waals surface area contributed by atoms with Gasteiger partial charge in [-0.1, -0.05) is 0 Å². The van der Waals surface area contributed by atoms with Gasteiger partial charge in [0.2, 0.25) is 0 Å². The second-order valence-corrected chi connectivity index (χ2v) is 8.46. The maximum atomic E-state index is 13.0. The van der Waals surface area contributed by atoms with Crippen LogP contribution in [0.15, 0.2) is 24.5 Å². The monoisotopic (exact) mass is 394 g/mol. The van der Waals surface area contributed by atoms with Crippen LogP contribution in [-0.4, -0.2) is 44.4 Å². The molecule has 0 unspecified atom stereocenters. The Morgan fingerprint density at radius 3 is 2.54 bits per heavy atom. The van der Waals surface area contributed by atoms with Gasteiger partial charge in [0, 0.05) is 48.7 Å². The Morgan fingerprint density at radius 1 is 1.18 bits per heavy atom. The van der Waals surface area contributed by atoms with Crippen molar-refractivity contribution in [2.45, 2.75) is 50.9 Å². The maximum Gasteiger partial charge on any atom is 0.417 e. The first kappa shape index (κ1) is 18.8. The lowest BCUT2D eigenvalue weighted by molar-refractivity contribution is -0.137. The molecule has 1 saturated heterocycles. The molecular formula is C19H21F3N4O2. The molecule has 4 rings (SSSR count). The van der Waals surface area contributed by atoms with Crippen molar-refractivity contribution in [1.29, 1.82) is 0 Å². The highest BCUT2D eigenvalue weighted by molar-refractivity contribution is 5.70. The van der Waals surface area contributed by atoms with Gasteiger partial charge in [0.1, 0.15) is 5.60 Å². The van der Waals surface area contributed by atoms with Crippen molar-refractivity contribution < 1.29 is 22.7 Å². The van der Waals surface area contributed by atoms with Crippen LogP contribution in [0.1, 0.15) is 38.4 Å². The molecule has 0 radical (unpaired) electrons. The van der Waals surface area contributed by atoms with Gasteiger partial charge in [-0.2, -0.15) is 18.3 Å². The molecule has 150 valence electrons. The number of aromatic nitrogens is 3. The summed E-state index contributed by atoms with van der Waals surface area (Å²) in [4.78, 5) is 17.6. The summed E-state index contributed by atoms with van der Waals surface area (Å²) < 4.78 is 46.1. The Labute approximate surface area is 160 Å². The van der Waals surface area contributed by atoms with Gasteiger partial charge in [0.15, 0.2) is 0 Å². The number of likely N-dealkylation sites (tertiary alicyclic amines) is 1. The van der Waals surface area contributed by atoms with Crippen LogP contribution in [0.25, 0.3) is 11.3 Å². The second-order valence-electron chi connectivity index (χ2n) is 8.46. The van der Waals surface area contributed by atoms with Gasteiger partial charge in [-0.05, 0) is 39.3 Å². The minimum atomic E-state index is -4.45. The third-order valence-electron chi connectivity index (χ3n) is 5.13. The summed E-state index contributed by atoms with van der Waals surface area (Å²) in [5.41, 5.74) is 0.170. The number of rotatable bonds is 1. The van der Waals surface area contributed by atoms with E-state index < -0.39 is 17.3 Å². The number of hydrogen-bond acceptors (Lipinski definition) is 4. The standard InChI is InChI=1S/C19H21F3N4O2/c1-17(2,3)28-16(27)25-10-18(11-25)4-5-26-15(18)7-14(24-26)12-6-13(9-23-8-12)19(20,21)22/h6-9H,4-5,10-11H2,1-3H3. The molecule has 9 heteroatoms. The fourth-order valence-electron chi connectivity index (χ4n) is 3.80. The highest BCUT2D eigenvalue weighted by atomic mass is 19.4. The SMILES string of the molecule is CC(C)(C)OC(=O)N1CC2(CCn3nc(-c4cncc(C(F)(F)F)c4)cc32)C1. The van der Waals surface area contributed by atoms with E-state index in [1.54, 1.807) is 4.90 Å². The largest absolute Gasteiger partial charge is 0.444 e. The van der Waals surface area contributed by atoms with Crippen molar-refractivity contribution >= 4 is 6.09 Å². The number of halogens is 3. The van der Waals surface area contributed by atoms with Crippen LogP contribution >= 0.6 is 0 Å². The number of alkyl halides is 3. The minimum Gasteiger partial charge on any atom is -0.444 e. The molecule has 0 aliphatic carbocycles. The van der Waals surface area contributed by atoms with Gasteiger partial charge < -0.3 is 9.64 Å². The topological polar surface area (TPSA) is 60.2 Å². The van der Waals surface area contributed by atoms with Gasteiger partial charge in [-0.15, -0.1) is 0 Å². The number of carbonyl (C=O) groups excluding carboxylic acids is 1. The summed E-state index contributed by atoms with van der Waals surface area (Å²) in [6, 6.07) is 2.88. The Kier molecular flexibility index (Phi) is 3.99. The molecule has 0 aromatic carbocycles. The van der Waals surface area contributed by atoms with Gasteiger partial charge >= 0.3 is 12.3 Å². The van der Waals surface area contributed by atoms with Crippen LogP contribution in [0.2, 0.25) is 0 Å². The molecule has 28 heavy (non-hydrogen) atoms. The van der Waals surface area contributed by atoms with Crippen LogP contribution in [0, 0.1) is 0 Å². The second kappa shape index (κ2) is 5.96. The van der Waals surface area contributed by atoms with E-state index in [2.05, 4.69) is 10.1 Å². The maximum absolute atomic E-state index is 13.0. The highest BCUT2D eigenvalue weighted by Crippen LogP contribution is 2.44. The van der Waals surface area contributed by atoms with Crippen molar-refractivity contribution in [2.24, 2.45) is 0 Å². The molecule has 0 bridgehead atoms. The van der Waals surface area contributed by atoms with Gasteiger partial charge in [-0.3, -0.25) is 9.67 Å². The van der Waals surface area contributed by atoms with Crippen molar-refractivity contribution in [1.82, 2.24) is 19.7 Å². The fourth-order valence-corrected chi connectivity index (χ4v) is 3.80. The van der Waals surface area contributed by atoms with E-state index in [4.69, 9.17) is 4.74 Å². The average Bonchev–Trinajstić information content (AvgIpc) is 3.09. The van der Waals surface area contributed by atoms with Gasteiger partial charge in [0.05, 0.1) is 11.3 Å². The van der Waals surface area contributed by atoms with E-state index in [-0.39, 0.29) is 11.5 Å². The Balaban J connectivity index is 1.54. The molecule has 2 aliphatic rings. The van der Waals surface area contributed by atoms with Crippen LogP contribution in [0.3, 0.4) is 0 Å². The number of hydrogen-bond donors (Lipinski definition) is 0. The lowest BCUT2D eigenvalue weighted by atomic mass is 9.76. The van der Waals surface area contributed by atoms with Gasteiger partial charge in [0.25, 0.3) is 0 Å². The lowest BCUT2D eigenvalue weighted by Crippen LogP contribution is -2.61. The van der Waals surface area contributed by atoms with Crippen LogP contribution < -0.4 is 0 Å². The first-order valence-electron chi connectivity index (χ1n) is 9.06. The smallest absolute Gasteiger partial charge is 0.417 e.